The largest absolute Gasteiger partial charge is 0.377 e. The summed E-state index contributed by atoms with van der Waals surface area (Å²) in [6, 6.07) is 0. The van der Waals surface area contributed by atoms with E-state index < -0.39 is 5.54 Å². The summed E-state index contributed by atoms with van der Waals surface area (Å²) < 4.78 is 11.2. The Morgan fingerprint density at radius 2 is 2.11 bits per heavy atom. The van der Waals surface area contributed by atoms with Gasteiger partial charge in [0.15, 0.2) is 0 Å². The summed E-state index contributed by atoms with van der Waals surface area (Å²) in [5, 5.41) is 2.99. The van der Waals surface area contributed by atoms with Crippen LogP contribution in [0, 0.1) is 11.3 Å². The van der Waals surface area contributed by atoms with Gasteiger partial charge in [0.1, 0.15) is 5.54 Å². The van der Waals surface area contributed by atoms with Crippen LogP contribution < -0.4 is 11.1 Å². The molecule has 0 aromatic carbocycles. The number of amides is 1. The van der Waals surface area contributed by atoms with Gasteiger partial charge < -0.3 is 20.5 Å². The van der Waals surface area contributed by atoms with E-state index in [2.05, 4.69) is 5.32 Å². The highest BCUT2D eigenvalue weighted by atomic mass is 16.5. The van der Waals surface area contributed by atoms with Gasteiger partial charge in [0.05, 0.1) is 12.2 Å². The predicted molar refractivity (Wildman–Crippen MR) is 70.5 cm³/mol. The Hall–Kier alpha value is -0.650. The lowest BCUT2D eigenvalue weighted by Gasteiger charge is -2.60. The molecule has 0 radical (unpaired) electrons. The molecular formula is C14H24N2O3. The van der Waals surface area contributed by atoms with Crippen molar-refractivity contribution >= 4 is 5.91 Å². The van der Waals surface area contributed by atoms with Gasteiger partial charge in [0.25, 0.3) is 0 Å². The lowest BCUT2D eigenvalue weighted by Crippen LogP contribution is -2.80. The Balaban J connectivity index is 1.64. The molecule has 2 heterocycles. The first kappa shape index (κ1) is 13.3. The third-order valence-corrected chi connectivity index (χ3v) is 5.34. The average molecular weight is 268 g/mol. The minimum Gasteiger partial charge on any atom is -0.377 e. The number of hydrogen-bond donors (Lipinski definition) is 2. The summed E-state index contributed by atoms with van der Waals surface area (Å²) >= 11 is 0. The maximum atomic E-state index is 12.5. The number of nitrogens with two attached hydrogens (primary N) is 1. The van der Waals surface area contributed by atoms with E-state index in [0.29, 0.717) is 6.54 Å². The molecule has 0 spiro atoms. The molecule has 5 heteroatoms. The summed E-state index contributed by atoms with van der Waals surface area (Å²) in [6.07, 6.45) is 3.28. The van der Waals surface area contributed by atoms with Crippen LogP contribution in [0.25, 0.3) is 0 Å². The van der Waals surface area contributed by atoms with E-state index in [9.17, 15) is 4.79 Å². The van der Waals surface area contributed by atoms with Crippen molar-refractivity contribution in [3.63, 3.8) is 0 Å². The fourth-order valence-corrected chi connectivity index (χ4v) is 4.00. The van der Waals surface area contributed by atoms with E-state index in [0.717, 1.165) is 32.5 Å². The number of rotatable bonds is 3. The van der Waals surface area contributed by atoms with Crippen molar-refractivity contribution in [2.75, 3.05) is 19.8 Å². The highest BCUT2D eigenvalue weighted by molar-refractivity contribution is 5.89. The second kappa shape index (κ2) is 4.43. The van der Waals surface area contributed by atoms with Crippen molar-refractivity contribution in [2.45, 2.75) is 50.9 Å². The van der Waals surface area contributed by atoms with Gasteiger partial charge in [-0.2, -0.15) is 0 Å². The zero-order chi connectivity index (χ0) is 13.7. The first-order chi connectivity index (χ1) is 8.98. The second-order valence-corrected chi connectivity index (χ2v) is 6.62. The Labute approximate surface area is 114 Å². The zero-order valence-corrected chi connectivity index (χ0v) is 11.8. The van der Waals surface area contributed by atoms with Gasteiger partial charge >= 0.3 is 0 Å². The summed E-state index contributed by atoms with van der Waals surface area (Å²) in [5.41, 5.74) is 5.37. The summed E-state index contributed by atoms with van der Waals surface area (Å²) in [5.74, 6) is 0.117. The van der Waals surface area contributed by atoms with E-state index in [1.807, 2.05) is 13.8 Å². The lowest BCUT2D eigenvalue weighted by atomic mass is 9.48. The van der Waals surface area contributed by atoms with Crippen molar-refractivity contribution in [2.24, 2.45) is 17.1 Å². The molecule has 4 atom stereocenters. The number of carbonyl (C=O) groups is 1. The summed E-state index contributed by atoms with van der Waals surface area (Å²) in [4.78, 5) is 12.5. The summed E-state index contributed by atoms with van der Waals surface area (Å²) in [7, 11) is 0. The van der Waals surface area contributed by atoms with Gasteiger partial charge in [-0.1, -0.05) is 13.8 Å². The molecular weight excluding hydrogens is 244 g/mol. The minimum absolute atomic E-state index is 0.0419. The first-order valence-corrected chi connectivity index (χ1v) is 7.28. The third kappa shape index (κ3) is 1.75. The van der Waals surface area contributed by atoms with E-state index in [-0.39, 0.29) is 29.4 Å². The van der Waals surface area contributed by atoms with Crippen LogP contribution in [-0.2, 0) is 14.3 Å². The maximum Gasteiger partial charge on any atom is 0.241 e. The lowest BCUT2D eigenvalue weighted by molar-refractivity contribution is -0.175. The maximum absolute atomic E-state index is 12.5. The van der Waals surface area contributed by atoms with Crippen molar-refractivity contribution in [1.29, 1.82) is 0 Å². The van der Waals surface area contributed by atoms with E-state index in [1.54, 1.807) is 0 Å². The van der Waals surface area contributed by atoms with Crippen LogP contribution in [0.2, 0.25) is 0 Å². The quantitative estimate of drug-likeness (QED) is 0.778. The molecule has 2 saturated heterocycles. The van der Waals surface area contributed by atoms with Crippen LogP contribution in [0.4, 0.5) is 0 Å². The number of ether oxygens (including phenoxy) is 2. The van der Waals surface area contributed by atoms with Gasteiger partial charge in [-0.15, -0.1) is 0 Å². The zero-order valence-electron chi connectivity index (χ0n) is 11.8. The molecule has 1 amide bonds. The van der Waals surface area contributed by atoms with Gasteiger partial charge in [-0.25, -0.2) is 0 Å². The molecule has 3 fully saturated rings. The fraction of sp³-hybridized carbons (Fsp3) is 0.929. The molecule has 5 nitrogen and oxygen atoms in total. The highest BCUT2D eigenvalue weighted by Gasteiger charge is 2.71. The van der Waals surface area contributed by atoms with E-state index in [4.69, 9.17) is 15.2 Å². The van der Waals surface area contributed by atoms with E-state index in [1.165, 1.54) is 0 Å². The number of fused-ring (bicyclic) bond motifs is 1. The third-order valence-electron chi connectivity index (χ3n) is 5.34. The first-order valence-electron chi connectivity index (χ1n) is 7.28. The van der Waals surface area contributed by atoms with E-state index >= 15 is 0 Å². The van der Waals surface area contributed by atoms with Crippen LogP contribution in [0.3, 0.4) is 0 Å². The van der Waals surface area contributed by atoms with Crippen LogP contribution >= 0.6 is 0 Å². The van der Waals surface area contributed by atoms with Crippen LogP contribution in [0.1, 0.15) is 33.1 Å². The van der Waals surface area contributed by atoms with Gasteiger partial charge in [-0.3, -0.25) is 4.79 Å². The van der Waals surface area contributed by atoms with Crippen molar-refractivity contribution in [3.8, 4) is 0 Å². The van der Waals surface area contributed by atoms with Gasteiger partial charge in [-0.05, 0) is 19.3 Å². The highest BCUT2D eigenvalue weighted by Crippen LogP contribution is 2.58. The van der Waals surface area contributed by atoms with Crippen LogP contribution in [-0.4, -0.2) is 43.4 Å². The SMILES string of the molecule is CC1(C)C2OCCC2C1(N)C(=O)NCC1CCCO1. The summed E-state index contributed by atoms with van der Waals surface area (Å²) in [6.45, 7) is 6.16. The molecule has 4 unspecified atom stereocenters. The smallest absolute Gasteiger partial charge is 0.241 e. The van der Waals surface area contributed by atoms with Crippen LogP contribution in [0.15, 0.2) is 0 Å². The molecule has 19 heavy (non-hydrogen) atoms. The van der Waals surface area contributed by atoms with Crippen molar-refractivity contribution < 1.29 is 14.3 Å². The molecule has 108 valence electrons. The van der Waals surface area contributed by atoms with Gasteiger partial charge in [0, 0.05) is 31.1 Å². The van der Waals surface area contributed by atoms with Crippen molar-refractivity contribution in [3.05, 3.63) is 0 Å². The topological polar surface area (TPSA) is 73.6 Å². The fourth-order valence-electron chi connectivity index (χ4n) is 4.00. The van der Waals surface area contributed by atoms with Crippen LogP contribution in [0.5, 0.6) is 0 Å². The molecule has 0 bridgehead atoms. The Morgan fingerprint density at radius 1 is 1.32 bits per heavy atom. The molecule has 2 aliphatic heterocycles. The standard InChI is InChI=1S/C14H24N2O3/c1-13(2)11-10(5-7-19-11)14(13,15)12(17)16-8-9-4-3-6-18-9/h9-11H,3-8,15H2,1-2H3,(H,16,17). The normalized spacial score (nSPS) is 43.6. The molecule has 3 rings (SSSR count). The Kier molecular flexibility index (Phi) is 3.11. The van der Waals surface area contributed by atoms with Crippen molar-refractivity contribution in [1.82, 2.24) is 5.32 Å². The minimum atomic E-state index is -0.799. The molecule has 3 aliphatic rings. The number of hydrogen-bond acceptors (Lipinski definition) is 4. The predicted octanol–water partition coefficient (Wildman–Crippen LogP) is 0.424. The van der Waals surface area contributed by atoms with Gasteiger partial charge in [0.2, 0.25) is 5.91 Å². The number of nitrogens with one attached hydrogen (secondary N) is 1. The second-order valence-electron chi connectivity index (χ2n) is 6.62. The average Bonchev–Trinajstić information content (AvgIpc) is 3.04. The molecule has 1 aliphatic carbocycles. The molecule has 0 aromatic rings. The number of carbonyl (C=O) groups excluding carboxylic acids is 1. The Morgan fingerprint density at radius 3 is 2.79 bits per heavy atom. The molecule has 1 saturated carbocycles. The molecule has 3 N–H and O–H groups in total. The Bertz CT molecular complexity index is 379. The molecule has 0 aromatic heterocycles. The monoisotopic (exact) mass is 268 g/mol.